The molecule has 0 aliphatic heterocycles. The van der Waals surface area contributed by atoms with Crippen LogP contribution in [0.2, 0.25) is 0 Å². The Hall–Kier alpha value is -8.65. The summed E-state index contributed by atoms with van der Waals surface area (Å²) < 4.78 is 4.72. The van der Waals surface area contributed by atoms with Gasteiger partial charge in [-0.25, -0.2) is 34.7 Å². The first-order valence-electron chi connectivity index (χ1n) is 24.7. The fourth-order valence-electron chi connectivity index (χ4n) is 8.08. The monoisotopic (exact) mass is 1120 g/mol. The van der Waals surface area contributed by atoms with E-state index < -0.39 is 23.4 Å². The Bertz CT molecular complexity index is 3790. The SMILES string of the molecule is CC(C)CC(=O)C(=O)Nc1cccc(CSc2ncnc3[nH]ncc23)c1.O=C(Nc1cccc(CSc2ncnc3[nH]ncc23)c1)[C@H]1CCC[C@H]1O.O=C(Nc1cccc(CSc2ncnc3[nH]ncc23)c1)c1ccc(=O)oc1. The number of amides is 3. The van der Waals surface area contributed by atoms with Crippen molar-refractivity contribution in [1.82, 2.24) is 60.5 Å². The van der Waals surface area contributed by atoms with Gasteiger partial charge >= 0.3 is 5.63 Å². The van der Waals surface area contributed by atoms with E-state index in [2.05, 4.69) is 76.4 Å². The standard InChI is InChI=1S/C18H13N5O3S.2C18H19N5O2S/c24-15-5-4-12(8-26-15)17(25)22-13-3-1-2-11(6-13)9-27-18-14-7-21-23-16(14)19-10-20-18;24-15-6-2-5-13(15)17(25)22-12-4-1-3-11(7-12)9-26-18-14-8-21-23-16(14)19-10-20-18;1-11(2)6-15(24)17(25)22-13-5-3-4-12(7-13)9-26-18-14-8-21-23-16(14)19-10-20-18/h1-8,10H,9H2,(H,22,25)(H,19,20,21,23);1,3-4,7-8,10,13,15,24H,2,5-6,9H2,(H,22,25)(H,19,20,21,23);3-5,7-8,10-11H,6,9H2,1-2H3,(H,22,25)(H,19,20,21,23)/t;13-,15+;/m.0./s1. The maximum atomic E-state index is 12.3. The van der Waals surface area contributed by atoms with E-state index in [1.807, 2.05) is 74.5 Å². The highest BCUT2D eigenvalue weighted by Gasteiger charge is 2.31. The molecule has 2 atom stereocenters. The number of H-pyrrole nitrogens is 3. The molecule has 402 valence electrons. The van der Waals surface area contributed by atoms with Crippen LogP contribution in [-0.2, 0) is 31.6 Å². The van der Waals surface area contributed by atoms with Gasteiger partial charge in [-0.15, -0.1) is 35.3 Å². The van der Waals surface area contributed by atoms with Crippen molar-refractivity contribution in [1.29, 1.82) is 0 Å². The van der Waals surface area contributed by atoms with Crippen LogP contribution in [0.4, 0.5) is 17.1 Å². The number of aromatic nitrogens is 12. The first-order chi connectivity index (χ1) is 38.4. The zero-order chi connectivity index (χ0) is 55.1. The van der Waals surface area contributed by atoms with Crippen molar-refractivity contribution >= 4 is 109 Å². The van der Waals surface area contributed by atoms with Crippen molar-refractivity contribution in [2.45, 2.75) is 78.0 Å². The van der Waals surface area contributed by atoms with Gasteiger partial charge in [0.05, 0.1) is 52.3 Å². The normalized spacial score (nSPS) is 13.8. The Kier molecular flexibility index (Phi) is 18.6. The number of hydrogen-bond acceptors (Lipinski definition) is 19. The lowest BCUT2D eigenvalue weighted by Crippen LogP contribution is -2.28. The van der Waals surface area contributed by atoms with Crippen LogP contribution in [0.25, 0.3) is 33.1 Å². The molecule has 0 unspecified atom stereocenters. The van der Waals surface area contributed by atoms with E-state index in [1.165, 1.54) is 31.1 Å². The summed E-state index contributed by atoms with van der Waals surface area (Å²) in [4.78, 5) is 84.6. The molecule has 11 rings (SSSR count). The number of Topliss-reactive ketones (excluding diaryl/α,β-unsaturated/α-hetero) is 1. The average molecular weight is 1120 g/mol. The molecule has 3 amide bonds. The quantitative estimate of drug-likeness (QED) is 0.0254. The van der Waals surface area contributed by atoms with E-state index in [-0.39, 0.29) is 35.6 Å². The van der Waals surface area contributed by atoms with Gasteiger partial charge in [0.25, 0.3) is 11.8 Å². The molecule has 25 heteroatoms. The van der Waals surface area contributed by atoms with Crippen LogP contribution in [0.3, 0.4) is 0 Å². The number of anilines is 3. The van der Waals surface area contributed by atoms with Crippen LogP contribution >= 0.6 is 35.3 Å². The van der Waals surface area contributed by atoms with Crippen molar-refractivity contribution in [2.75, 3.05) is 16.0 Å². The Morgan fingerprint density at radius 1 is 0.620 bits per heavy atom. The summed E-state index contributed by atoms with van der Waals surface area (Å²) in [6.45, 7) is 3.82. The van der Waals surface area contributed by atoms with Crippen LogP contribution in [0, 0.1) is 11.8 Å². The first-order valence-corrected chi connectivity index (χ1v) is 27.7. The zero-order valence-electron chi connectivity index (χ0n) is 42.5. The molecule has 0 spiro atoms. The Labute approximate surface area is 463 Å². The van der Waals surface area contributed by atoms with Gasteiger partial charge in [0.15, 0.2) is 16.9 Å². The number of hydrogen-bond donors (Lipinski definition) is 7. The lowest BCUT2D eigenvalue weighted by molar-refractivity contribution is -0.135. The molecule has 7 heterocycles. The summed E-state index contributed by atoms with van der Waals surface area (Å²) in [6, 6.07) is 25.4. The number of aliphatic hydroxyl groups excluding tert-OH is 1. The molecule has 1 aliphatic rings. The maximum absolute atomic E-state index is 12.3. The van der Waals surface area contributed by atoms with Gasteiger partial charge in [-0.05, 0) is 84.3 Å². The summed E-state index contributed by atoms with van der Waals surface area (Å²) in [7, 11) is 0. The van der Waals surface area contributed by atoms with E-state index in [9.17, 15) is 29.1 Å². The number of benzene rings is 3. The minimum absolute atomic E-state index is 0.101. The van der Waals surface area contributed by atoms with Crippen LogP contribution in [0.5, 0.6) is 0 Å². The Balaban J connectivity index is 0.000000144. The Morgan fingerprint density at radius 3 is 1.52 bits per heavy atom. The summed E-state index contributed by atoms with van der Waals surface area (Å²) >= 11 is 4.72. The van der Waals surface area contributed by atoms with Crippen molar-refractivity contribution in [3.63, 3.8) is 0 Å². The molecule has 0 saturated heterocycles. The predicted molar refractivity (Wildman–Crippen MR) is 301 cm³/mol. The summed E-state index contributed by atoms with van der Waals surface area (Å²) in [5, 5.41) is 43.9. The summed E-state index contributed by atoms with van der Waals surface area (Å²) in [5.41, 5.74) is 7.03. The molecule has 7 N–H and O–H groups in total. The molecule has 0 radical (unpaired) electrons. The smallest absolute Gasteiger partial charge is 0.335 e. The first kappa shape index (κ1) is 55.1. The number of rotatable bonds is 17. The third-order valence-corrected chi connectivity index (χ3v) is 15.2. The topological polar surface area (TPSA) is 318 Å². The number of ketones is 1. The van der Waals surface area contributed by atoms with Crippen LogP contribution < -0.4 is 21.6 Å². The lowest BCUT2D eigenvalue weighted by Gasteiger charge is -2.14. The minimum atomic E-state index is -0.570. The van der Waals surface area contributed by atoms with Gasteiger partial charge in [0.2, 0.25) is 11.7 Å². The third kappa shape index (κ3) is 15.1. The van der Waals surface area contributed by atoms with Crippen molar-refractivity contribution in [3.05, 3.63) is 161 Å². The Morgan fingerprint density at radius 2 is 1.09 bits per heavy atom. The average Bonchev–Trinajstić information content (AvgIpc) is 4.36. The van der Waals surface area contributed by atoms with Gasteiger partial charge in [-0.3, -0.25) is 34.5 Å². The fraction of sp³-hybridized carbons (Fsp3) is 0.222. The number of aromatic amines is 3. The largest absolute Gasteiger partial charge is 0.430 e. The molecular formula is C54H51N15O7S3. The summed E-state index contributed by atoms with van der Waals surface area (Å²) in [6.07, 6.45) is 12.9. The lowest BCUT2D eigenvalue weighted by atomic mass is 10.1. The molecule has 7 aromatic heterocycles. The number of aliphatic hydroxyl groups is 1. The second-order valence-electron chi connectivity index (χ2n) is 18.3. The van der Waals surface area contributed by atoms with Gasteiger partial charge < -0.3 is 25.5 Å². The van der Waals surface area contributed by atoms with E-state index in [4.69, 9.17) is 4.42 Å². The van der Waals surface area contributed by atoms with Gasteiger partial charge in [0, 0.05) is 46.8 Å². The fourth-order valence-corrected chi connectivity index (χ4v) is 10.8. The second-order valence-corrected chi connectivity index (χ2v) is 21.2. The number of fused-ring (bicyclic) bond motifs is 3. The molecule has 3 aromatic carbocycles. The van der Waals surface area contributed by atoms with E-state index in [1.54, 1.807) is 66.0 Å². The second kappa shape index (κ2) is 26.6. The molecule has 1 saturated carbocycles. The van der Waals surface area contributed by atoms with Gasteiger partial charge in [-0.1, -0.05) is 50.2 Å². The highest BCUT2D eigenvalue weighted by atomic mass is 32.2. The number of carbonyl (C=O) groups excluding carboxylic acids is 4. The molecule has 1 fully saturated rings. The minimum Gasteiger partial charge on any atom is -0.430 e. The van der Waals surface area contributed by atoms with Gasteiger partial charge in [-0.2, -0.15) is 15.3 Å². The molecular weight excluding hydrogens is 1070 g/mol. The van der Waals surface area contributed by atoms with E-state index in [0.29, 0.717) is 46.3 Å². The highest BCUT2D eigenvalue weighted by Crippen LogP contribution is 2.31. The highest BCUT2D eigenvalue weighted by molar-refractivity contribution is 7.99. The van der Waals surface area contributed by atoms with Crippen LogP contribution in [0.15, 0.2) is 153 Å². The van der Waals surface area contributed by atoms with Crippen molar-refractivity contribution in [3.8, 4) is 0 Å². The molecule has 10 aromatic rings. The molecule has 79 heavy (non-hydrogen) atoms. The van der Waals surface area contributed by atoms with Gasteiger partial charge in [0.1, 0.15) is 40.3 Å². The third-order valence-electron chi connectivity index (χ3n) is 12.0. The number of nitrogens with one attached hydrogen (secondary N) is 6. The van der Waals surface area contributed by atoms with E-state index >= 15 is 0 Å². The van der Waals surface area contributed by atoms with Crippen LogP contribution in [0.1, 0.15) is 66.6 Å². The number of nitrogens with zero attached hydrogens (tertiary/aromatic N) is 9. The maximum Gasteiger partial charge on any atom is 0.335 e. The summed E-state index contributed by atoms with van der Waals surface area (Å²) in [5.74, 6) is 0.486. The number of carbonyl (C=O) groups is 4. The molecule has 0 bridgehead atoms. The van der Waals surface area contributed by atoms with Crippen molar-refractivity contribution in [2.24, 2.45) is 11.8 Å². The van der Waals surface area contributed by atoms with E-state index in [0.717, 1.165) is 78.4 Å². The van der Waals surface area contributed by atoms with Crippen molar-refractivity contribution < 1.29 is 28.7 Å². The molecule has 22 nitrogen and oxygen atoms in total. The zero-order valence-corrected chi connectivity index (χ0v) is 44.9. The molecule has 1 aliphatic carbocycles. The van der Waals surface area contributed by atoms with Crippen LogP contribution in [-0.4, -0.2) is 95.2 Å². The predicted octanol–water partition coefficient (Wildman–Crippen LogP) is 8.79. The number of thioether (sulfide) groups is 3.